The van der Waals surface area contributed by atoms with Crippen LogP contribution in [-0.4, -0.2) is 22.4 Å². The van der Waals surface area contributed by atoms with Crippen LogP contribution in [0.15, 0.2) is 30.3 Å². The van der Waals surface area contributed by atoms with Crippen molar-refractivity contribution in [2.75, 3.05) is 6.61 Å². The Morgan fingerprint density at radius 1 is 1.33 bits per heavy atom. The molecule has 1 heterocycles. The van der Waals surface area contributed by atoms with Gasteiger partial charge in [-0.1, -0.05) is 30.3 Å². The van der Waals surface area contributed by atoms with Crippen molar-refractivity contribution < 1.29 is 9.53 Å². The average molecular weight is 244 g/mol. The number of aryl methyl sites for hydroxylation is 2. The first-order valence-corrected chi connectivity index (χ1v) is 5.91. The number of carbonyl (C=O) groups excluding carboxylic acids is 1. The number of hydrogen-bond acceptors (Lipinski definition) is 3. The molecule has 2 rings (SSSR count). The number of carbonyl (C=O) groups is 1. The molecule has 0 bridgehead atoms. The molecule has 0 fully saturated rings. The van der Waals surface area contributed by atoms with Crippen LogP contribution in [0.4, 0.5) is 0 Å². The van der Waals surface area contributed by atoms with Gasteiger partial charge in [-0.2, -0.15) is 5.10 Å². The van der Waals surface area contributed by atoms with E-state index < -0.39 is 0 Å². The van der Waals surface area contributed by atoms with Gasteiger partial charge in [-0.25, -0.2) is 4.79 Å². The maximum absolute atomic E-state index is 12.0. The van der Waals surface area contributed by atoms with Gasteiger partial charge in [0.05, 0.1) is 18.0 Å². The van der Waals surface area contributed by atoms with Gasteiger partial charge in [-0.3, -0.25) is 4.68 Å². The summed E-state index contributed by atoms with van der Waals surface area (Å²) in [6.07, 6.45) is 0. The second kappa shape index (κ2) is 5.04. The van der Waals surface area contributed by atoms with Crippen LogP contribution >= 0.6 is 0 Å². The second-order valence-corrected chi connectivity index (χ2v) is 4.02. The number of nitrogens with zero attached hydrogens (tertiary/aromatic N) is 2. The lowest BCUT2D eigenvalue weighted by Crippen LogP contribution is -2.07. The molecule has 4 heteroatoms. The van der Waals surface area contributed by atoms with Gasteiger partial charge < -0.3 is 4.74 Å². The topological polar surface area (TPSA) is 44.1 Å². The molecule has 4 nitrogen and oxygen atoms in total. The maximum Gasteiger partial charge on any atom is 0.342 e. The smallest absolute Gasteiger partial charge is 0.342 e. The fourth-order valence-electron chi connectivity index (χ4n) is 2.03. The summed E-state index contributed by atoms with van der Waals surface area (Å²) in [5, 5.41) is 4.31. The van der Waals surface area contributed by atoms with Crippen molar-refractivity contribution in [1.82, 2.24) is 9.78 Å². The highest BCUT2D eigenvalue weighted by Crippen LogP contribution is 2.26. The van der Waals surface area contributed by atoms with Gasteiger partial charge in [-0.15, -0.1) is 0 Å². The van der Waals surface area contributed by atoms with Gasteiger partial charge in [0.2, 0.25) is 0 Å². The van der Waals surface area contributed by atoms with Crippen molar-refractivity contribution in [1.29, 1.82) is 0 Å². The summed E-state index contributed by atoms with van der Waals surface area (Å²) in [5.41, 5.74) is 3.00. The lowest BCUT2D eigenvalue weighted by atomic mass is 10.1. The highest BCUT2D eigenvalue weighted by atomic mass is 16.5. The van der Waals surface area contributed by atoms with Gasteiger partial charge in [0, 0.05) is 12.6 Å². The van der Waals surface area contributed by atoms with Crippen molar-refractivity contribution in [2.24, 2.45) is 7.05 Å². The molecule has 18 heavy (non-hydrogen) atoms. The van der Waals surface area contributed by atoms with Crippen LogP contribution < -0.4 is 0 Å². The monoisotopic (exact) mass is 244 g/mol. The number of esters is 1. The first-order chi connectivity index (χ1) is 8.65. The summed E-state index contributed by atoms with van der Waals surface area (Å²) in [6, 6.07) is 9.73. The third-order valence-corrected chi connectivity index (χ3v) is 2.75. The highest BCUT2D eigenvalue weighted by Gasteiger charge is 2.22. The molecule has 0 aliphatic rings. The van der Waals surface area contributed by atoms with E-state index >= 15 is 0 Å². The summed E-state index contributed by atoms with van der Waals surface area (Å²) in [4.78, 5) is 12.0. The Morgan fingerprint density at radius 2 is 2.00 bits per heavy atom. The Balaban J connectivity index is 2.57. The van der Waals surface area contributed by atoms with Gasteiger partial charge in [0.1, 0.15) is 5.56 Å². The molecule has 0 radical (unpaired) electrons. The molecule has 94 valence electrons. The molecule has 2 aromatic rings. The van der Waals surface area contributed by atoms with Crippen molar-refractivity contribution in [2.45, 2.75) is 13.8 Å². The SMILES string of the molecule is CCOC(=O)c1c(C)nn(C)c1-c1ccccc1. The lowest BCUT2D eigenvalue weighted by molar-refractivity contribution is 0.0526. The second-order valence-electron chi connectivity index (χ2n) is 4.02. The quantitative estimate of drug-likeness (QED) is 0.779. The van der Waals surface area contributed by atoms with E-state index in [2.05, 4.69) is 5.10 Å². The predicted molar refractivity (Wildman–Crippen MR) is 69.3 cm³/mol. The third-order valence-electron chi connectivity index (χ3n) is 2.75. The molecule has 0 saturated heterocycles. The van der Waals surface area contributed by atoms with E-state index in [4.69, 9.17) is 4.74 Å². The number of rotatable bonds is 3. The Morgan fingerprint density at radius 3 is 2.61 bits per heavy atom. The van der Waals surface area contributed by atoms with Crippen molar-refractivity contribution >= 4 is 5.97 Å². The van der Waals surface area contributed by atoms with Crippen LogP contribution in [0.5, 0.6) is 0 Å². The fourth-order valence-corrected chi connectivity index (χ4v) is 2.03. The maximum atomic E-state index is 12.0. The lowest BCUT2D eigenvalue weighted by Gasteiger charge is -2.06. The van der Waals surface area contributed by atoms with E-state index in [0.717, 1.165) is 11.3 Å². The summed E-state index contributed by atoms with van der Waals surface area (Å²) in [7, 11) is 1.83. The van der Waals surface area contributed by atoms with Crippen molar-refractivity contribution in [3.8, 4) is 11.3 Å². The Bertz CT molecular complexity index is 559. The van der Waals surface area contributed by atoms with E-state index in [1.807, 2.05) is 44.3 Å². The number of benzene rings is 1. The normalized spacial score (nSPS) is 10.4. The number of aromatic nitrogens is 2. The van der Waals surface area contributed by atoms with Gasteiger partial charge in [0.25, 0.3) is 0 Å². The first-order valence-electron chi connectivity index (χ1n) is 5.91. The summed E-state index contributed by atoms with van der Waals surface area (Å²) in [6.45, 7) is 3.98. The van der Waals surface area contributed by atoms with E-state index in [1.54, 1.807) is 11.6 Å². The summed E-state index contributed by atoms with van der Waals surface area (Å²) < 4.78 is 6.81. The van der Waals surface area contributed by atoms with Crippen molar-refractivity contribution in [3.05, 3.63) is 41.6 Å². The standard InChI is InChI=1S/C14H16N2O2/c1-4-18-14(17)12-10(2)15-16(3)13(12)11-8-6-5-7-9-11/h5-9H,4H2,1-3H3. The van der Waals surface area contributed by atoms with Crippen LogP contribution in [0, 0.1) is 6.92 Å². The largest absolute Gasteiger partial charge is 0.462 e. The molecule has 1 aromatic heterocycles. The molecule has 0 unspecified atom stereocenters. The Kier molecular flexibility index (Phi) is 3.46. The van der Waals surface area contributed by atoms with Crippen LogP contribution in [-0.2, 0) is 11.8 Å². The molecular weight excluding hydrogens is 228 g/mol. The highest BCUT2D eigenvalue weighted by molar-refractivity contribution is 5.97. The van der Waals surface area contributed by atoms with Crippen LogP contribution in [0.1, 0.15) is 23.0 Å². The molecule has 1 aromatic carbocycles. The Hall–Kier alpha value is -2.10. The summed E-state index contributed by atoms with van der Waals surface area (Å²) >= 11 is 0. The van der Waals surface area contributed by atoms with Crippen LogP contribution in [0.25, 0.3) is 11.3 Å². The summed E-state index contributed by atoms with van der Waals surface area (Å²) in [5.74, 6) is -0.318. The molecule has 0 aliphatic heterocycles. The molecule has 0 amide bonds. The van der Waals surface area contributed by atoms with E-state index in [1.165, 1.54) is 0 Å². The zero-order valence-corrected chi connectivity index (χ0v) is 10.8. The van der Waals surface area contributed by atoms with Crippen molar-refractivity contribution in [3.63, 3.8) is 0 Å². The van der Waals surface area contributed by atoms with Crippen LogP contribution in [0.2, 0.25) is 0 Å². The van der Waals surface area contributed by atoms with E-state index in [0.29, 0.717) is 17.9 Å². The molecule has 0 saturated carbocycles. The molecule has 0 aliphatic carbocycles. The first kappa shape index (κ1) is 12.4. The van der Waals surface area contributed by atoms with E-state index in [9.17, 15) is 4.79 Å². The number of ether oxygens (including phenoxy) is 1. The molecule has 0 atom stereocenters. The molecule has 0 N–H and O–H groups in total. The third kappa shape index (κ3) is 2.14. The van der Waals surface area contributed by atoms with E-state index in [-0.39, 0.29) is 5.97 Å². The van der Waals surface area contributed by atoms with Gasteiger partial charge >= 0.3 is 5.97 Å². The Labute approximate surface area is 106 Å². The molecule has 0 spiro atoms. The zero-order chi connectivity index (χ0) is 13.1. The minimum absolute atomic E-state index is 0.318. The van der Waals surface area contributed by atoms with Gasteiger partial charge in [-0.05, 0) is 13.8 Å². The zero-order valence-electron chi connectivity index (χ0n) is 10.8. The number of hydrogen-bond donors (Lipinski definition) is 0. The minimum Gasteiger partial charge on any atom is -0.462 e. The predicted octanol–water partition coefficient (Wildman–Crippen LogP) is 2.57. The van der Waals surface area contributed by atoms with Crippen LogP contribution in [0.3, 0.4) is 0 Å². The minimum atomic E-state index is -0.318. The average Bonchev–Trinajstić information content (AvgIpc) is 2.65. The molecular formula is C14H16N2O2. The van der Waals surface area contributed by atoms with Gasteiger partial charge in [0.15, 0.2) is 0 Å². The fraction of sp³-hybridized carbons (Fsp3) is 0.286.